The van der Waals surface area contributed by atoms with E-state index >= 15 is 0 Å². The largest absolute Gasteiger partial charge is 0.454 e. The van der Waals surface area contributed by atoms with Gasteiger partial charge in [-0.3, -0.25) is 4.79 Å². The molecule has 1 aliphatic heterocycles. The summed E-state index contributed by atoms with van der Waals surface area (Å²) in [4.78, 5) is 12.4. The second kappa shape index (κ2) is 7.58. The third-order valence-electron chi connectivity index (χ3n) is 4.42. The van der Waals surface area contributed by atoms with Crippen molar-refractivity contribution in [1.82, 2.24) is 10.0 Å². The number of amides is 1. The molecule has 1 amide bonds. The van der Waals surface area contributed by atoms with Crippen molar-refractivity contribution in [3.05, 3.63) is 53.1 Å². The van der Waals surface area contributed by atoms with Crippen LogP contribution in [-0.4, -0.2) is 27.2 Å². The highest BCUT2D eigenvalue weighted by Crippen LogP contribution is 2.32. The third-order valence-corrected chi connectivity index (χ3v) is 5.96. The van der Waals surface area contributed by atoms with Gasteiger partial charge < -0.3 is 14.8 Å². The molecular weight excluding hydrogens is 368 g/mol. The summed E-state index contributed by atoms with van der Waals surface area (Å²) < 4.78 is 37.9. The number of ether oxygens (including phenoxy) is 2. The van der Waals surface area contributed by atoms with Gasteiger partial charge in [-0.15, -0.1) is 0 Å². The minimum Gasteiger partial charge on any atom is -0.454 e. The van der Waals surface area contributed by atoms with Gasteiger partial charge in [-0.25, -0.2) is 8.42 Å². The van der Waals surface area contributed by atoms with Gasteiger partial charge in [0.25, 0.3) is 0 Å². The Labute approximate surface area is 158 Å². The predicted molar refractivity (Wildman–Crippen MR) is 100 cm³/mol. The molecule has 3 rings (SSSR count). The molecular formula is C19H22N2O5S. The molecule has 0 saturated carbocycles. The van der Waals surface area contributed by atoms with Crippen molar-refractivity contribution in [2.24, 2.45) is 0 Å². The van der Waals surface area contributed by atoms with Gasteiger partial charge in [0.05, 0.1) is 10.9 Å². The minimum atomic E-state index is -3.78. The first-order chi connectivity index (χ1) is 12.8. The second-order valence-corrected chi connectivity index (χ2v) is 8.21. The molecule has 0 bridgehead atoms. The fourth-order valence-corrected chi connectivity index (χ4v) is 3.92. The molecule has 7 nitrogen and oxygen atoms in total. The number of benzene rings is 2. The molecule has 8 heteroatoms. The van der Waals surface area contributed by atoms with Crippen LogP contribution in [0.4, 0.5) is 0 Å². The maximum absolute atomic E-state index is 12.5. The fraction of sp³-hybridized carbons (Fsp3) is 0.316. The Morgan fingerprint density at radius 2 is 1.81 bits per heavy atom. The first kappa shape index (κ1) is 19.2. The number of hydrogen-bond donors (Lipinski definition) is 2. The highest BCUT2D eigenvalue weighted by molar-refractivity contribution is 7.89. The Balaban J connectivity index is 1.60. The van der Waals surface area contributed by atoms with Gasteiger partial charge in [0.1, 0.15) is 0 Å². The van der Waals surface area contributed by atoms with Crippen molar-refractivity contribution in [3.8, 4) is 11.5 Å². The van der Waals surface area contributed by atoms with E-state index in [-0.39, 0.29) is 18.2 Å². The highest BCUT2D eigenvalue weighted by Gasteiger charge is 2.22. The van der Waals surface area contributed by atoms with Crippen molar-refractivity contribution < 1.29 is 22.7 Å². The van der Waals surface area contributed by atoms with Crippen molar-refractivity contribution in [2.75, 3.05) is 6.79 Å². The molecule has 0 fully saturated rings. The molecule has 0 spiro atoms. The zero-order valence-corrected chi connectivity index (χ0v) is 16.2. The molecule has 2 N–H and O–H groups in total. The summed E-state index contributed by atoms with van der Waals surface area (Å²) >= 11 is 0. The zero-order valence-electron chi connectivity index (χ0n) is 15.4. The van der Waals surface area contributed by atoms with Crippen molar-refractivity contribution in [2.45, 2.75) is 38.3 Å². The van der Waals surface area contributed by atoms with Crippen molar-refractivity contribution in [1.29, 1.82) is 0 Å². The summed E-state index contributed by atoms with van der Waals surface area (Å²) in [7, 11) is -3.78. The van der Waals surface area contributed by atoms with Crippen molar-refractivity contribution >= 4 is 15.9 Å². The summed E-state index contributed by atoms with van der Waals surface area (Å²) in [5, 5.41) is 2.72. The summed E-state index contributed by atoms with van der Waals surface area (Å²) in [5.41, 5.74) is 2.71. The van der Waals surface area contributed by atoms with Crippen LogP contribution in [0.15, 0.2) is 41.3 Å². The van der Waals surface area contributed by atoms with E-state index in [2.05, 4.69) is 10.0 Å². The average Bonchev–Trinajstić information content (AvgIpc) is 3.09. The third kappa shape index (κ3) is 4.40. The molecule has 0 radical (unpaired) electrons. The SMILES string of the molecule is Cc1ccc(S(=O)(=O)N[C@@H](C)C(=O)NCc2ccc3c(c2)OCO3)cc1C. The first-order valence-electron chi connectivity index (χ1n) is 8.52. The summed E-state index contributed by atoms with van der Waals surface area (Å²) in [5.74, 6) is 0.880. The molecule has 1 atom stereocenters. The Hall–Kier alpha value is -2.58. The lowest BCUT2D eigenvalue weighted by atomic mass is 10.1. The van der Waals surface area contributed by atoms with Gasteiger partial charge >= 0.3 is 0 Å². The average molecular weight is 390 g/mol. The zero-order chi connectivity index (χ0) is 19.6. The smallest absolute Gasteiger partial charge is 0.241 e. The van der Waals surface area contributed by atoms with Crippen molar-refractivity contribution in [3.63, 3.8) is 0 Å². The topological polar surface area (TPSA) is 93.7 Å². The lowest BCUT2D eigenvalue weighted by Crippen LogP contribution is -2.44. The van der Waals surface area contributed by atoms with E-state index in [0.717, 1.165) is 16.7 Å². The van der Waals surface area contributed by atoms with Crippen LogP contribution >= 0.6 is 0 Å². The standard InChI is InChI=1S/C19H22N2O5S/c1-12-4-6-16(8-13(12)2)27(23,24)21-14(3)19(22)20-10-15-5-7-17-18(9-15)26-11-25-17/h4-9,14,21H,10-11H2,1-3H3,(H,20,22)/t14-/m0/s1. The van der Waals surface area contributed by atoms with Gasteiger partial charge in [-0.2, -0.15) is 4.72 Å². The molecule has 0 saturated heterocycles. The Kier molecular flexibility index (Phi) is 5.38. The molecule has 0 unspecified atom stereocenters. The first-order valence-corrected chi connectivity index (χ1v) is 10.0. The van der Waals surface area contributed by atoms with E-state index in [9.17, 15) is 13.2 Å². The number of carbonyl (C=O) groups excluding carboxylic acids is 1. The van der Waals surface area contributed by atoms with Crippen LogP contribution in [0.5, 0.6) is 11.5 Å². The number of rotatable bonds is 6. The number of fused-ring (bicyclic) bond motifs is 1. The molecule has 27 heavy (non-hydrogen) atoms. The minimum absolute atomic E-state index is 0.140. The molecule has 2 aromatic rings. The van der Waals surface area contributed by atoms with Gasteiger partial charge in [0.15, 0.2) is 11.5 Å². The van der Waals surface area contributed by atoms with Gasteiger partial charge in [-0.1, -0.05) is 12.1 Å². The molecule has 1 heterocycles. The Morgan fingerprint density at radius 3 is 2.56 bits per heavy atom. The molecule has 144 valence electrons. The fourth-order valence-electron chi connectivity index (χ4n) is 2.63. The number of aryl methyl sites for hydroxylation is 2. The van der Waals surface area contributed by atoms with E-state index in [1.807, 2.05) is 19.9 Å². The number of hydrogen-bond acceptors (Lipinski definition) is 5. The van der Waals surface area contributed by atoms with Crippen LogP contribution in [-0.2, 0) is 21.4 Å². The Bertz CT molecular complexity index is 972. The van der Waals surface area contributed by atoms with E-state index in [0.29, 0.717) is 11.5 Å². The molecule has 1 aliphatic rings. The number of carbonyl (C=O) groups is 1. The monoisotopic (exact) mass is 390 g/mol. The van der Waals surface area contributed by atoms with E-state index in [4.69, 9.17) is 9.47 Å². The summed E-state index contributed by atoms with van der Waals surface area (Å²) in [6.45, 7) is 5.70. The van der Waals surface area contributed by atoms with Crippen LogP contribution in [0.3, 0.4) is 0 Å². The Morgan fingerprint density at radius 1 is 1.07 bits per heavy atom. The quantitative estimate of drug-likeness (QED) is 0.787. The lowest BCUT2D eigenvalue weighted by molar-refractivity contribution is -0.122. The molecule has 0 aliphatic carbocycles. The predicted octanol–water partition coefficient (Wildman–Crippen LogP) is 2.02. The van der Waals surface area contributed by atoms with Crippen LogP contribution in [0.1, 0.15) is 23.6 Å². The molecule has 2 aromatic carbocycles. The van der Waals surface area contributed by atoms with Crippen LogP contribution in [0.25, 0.3) is 0 Å². The summed E-state index contributed by atoms with van der Waals surface area (Å²) in [6, 6.07) is 9.33. The van der Waals surface area contributed by atoms with Crippen LogP contribution in [0, 0.1) is 13.8 Å². The van der Waals surface area contributed by atoms with E-state index in [1.165, 1.54) is 13.0 Å². The number of nitrogens with one attached hydrogen (secondary N) is 2. The van der Waals surface area contributed by atoms with Gasteiger partial charge in [-0.05, 0) is 61.7 Å². The van der Waals surface area contributed by atoms with Gasteiger partial charge in [0.2, 0.25) is 22.7 Å². The normalized spacial score (nSPS) is 14.0. The maximum atomic E-state index is 12.5. The van der Waals surface area contributed by atoms with E-state index in [1.54, 1.807) is 24.3 Å². The highest BCUT2D eigenvalue weighted by atomic mass is 32.2. The maximum Gasteiger partial charge on any atom is 0.241 e. The van der Waals surface area contributed by atoms with Crippen LogP contribution < -0.4 is 19.5 Å². The van der Waals surface area contributed by atoms with E-state index < -0.39 is 22.0 Å². The second-order valence-electron chi connectivity index (χ2n) is 6.49. The van der Waals surface area contributed by atoms with Crippen LogP contribution in [0.2, 0.25) is 0 Å². The summed E-state index contributed by atoms with van der Waals surface area (Å²) in [6.07, 6.45) is 0. The molecule has 0 aromatic heterocycles. The van der Waals surface area contributed by atoms with Gasteiger partial charge in [0, 0.05) is 6.54 Å². The lowest BCUT2D eigenvalue weighted by Gasteiger charge is -2.15. The number of sulfonamides is 1.